The predicted molar refractivity (Wildman–Crippen MR) is 123 cm³/mol. The smallest absolute Gasteiger partial charge is 0.318 e. The Bertz CT molecular complexity index is 1200. The second-order valence-electron chi connectivity index (χ2n) is 7.58. The van der Waals surface area contributed by atoms with Crippen molar-refractivity contribution in [2.45, 2.75) is 11.3 Å². The summed E-state index contributed by atoms with van der Waals surface area (Å²) in [6.07, 6.45) is 4.46. The second kappa shape index (κ2) is 9.18. The van der Waals surface area contributed by atoms with Gasteiger partial charge in [-0.3, -0.25) is 4.98 Å². The molecule has 0 radical (unpaired) electrons. The number of carbonyl (C=O) groups excluding carboxylic acids is 1. The Morgan fingerprint density at radius 1 is 1.12 bits per heavy atom. The molecule has 2 amide bonds. The summed E-state index contributed by atoms with van der Waals surface area (Å²) in [5, 5.41) is 2.47. The highest BCUT2D eigenvalue weighted by Gasteiger charge is 2.36. The Morgan fingerprint density at radius 3 is 2.53 bits per heavy atom. The number of nitrogens with one attached hydrogen (secondary N) is 1. The summed E-state index contributed by atoms with van der Waals surface area (Å²) >= 11 is 5.96. The molecule has 32 heavy (non-hydrogen) atoms. The van der Waals surface area contributed by atoms with Crippen LogP contribution in [0.3, 0.4) is 0 Å². The molecule has 4 rings (SSSR count). The van der Waals surface area contributed by atoms with Crippen molar-refractivity contribution in [3.63, 3.8) is 0 Å². The quantitative estimate of drug-likeness (QED) is 0.552. The topological polar surface area (TPSA) is 88.6 Å². The molecular formula is C23H22ClN3O4S. The SMILES string of the molecule is CS(=O)(=O)C(CN1C(=O)NCC1c1cccc(Oc2ccncc2)c1)c1ccc(Cl)cc1. The van der Waals surface area contributed by atoms with E-state index in [2.05, 4.69) is 10.3 Å². The molecule has 7 nitrogen and oxygen atoms in total. The summed E-state index contributed by atoms with van der Waals surface area (Å²) < 4.78 is 31.1. The first kappa shape index (κ1) is 22.1. The maximum Gasteiger partial charge on any atom is 0.318 e. The fourth-order valence-corrected chi connectivity index (χ4v) is 4.93. The first-order chi connectivity index (χ1) is 15.3. The first-order valence-corrected chi connectivity index (χ1v) is 12.3. The largest absolute Gasteiger partial charge is 0.457 e. The molecule has 0 aliphatic carbocycles. The van der Waals surface area contributed by atoms with Gasteiger partial charge < -0.3 is 15.0 Å². The van der Waals surface area contributed by atoms with E-state index in [4.69, 9.17) is 16.3 Å². The van der Waals surface area contributed by atoms with Gasteiger partial charge >= 0.3 is 6.03 Å². The normalized spacial score (nSPS) is 17.1. The van der Waals surface area contributed by atoms with Crippen LogP contribution in [0.5, 0.6) is 11.5 Å². The molecule has 1 aliphatic rings. The zero-order valence-electron chi connectivity index (χ0n) is 17.3. The third-order valence-corrected chi connectivity index (χ3v) is 7.04. The Hall–Kier alpha value is -3.10. The first-order valence-electron chi connectivity index (χ1n) is 9.98. The highest BCUT2D eigenvalue weighted by atomic mass is 35.5. The summed E-state index contributed by atoms with van der Waals surface area (Å²) in [5.41, 5.74) is 1.43. The van der Waals surface area contributed by atoms with E-state index in [0.29, 0.717) is 28.6 Å². The van der Waals surface area contributed by atoms with E-state index in [1.54, 1.807) is 53.7 Å². The fourth-order valence-electron chi connectivity index (χ4n) is 3.72. The lowest BCUT2D eigenvalue weighted by Gasteiger charge is -2.28. The van der Waals surface area contributed by atoms with Gasteiger partial charge in [0.1, 0.15) is 16.7 Å². The molecule has 2 aromatic carbocycles. The second-order valence-corrected chi connectivity index (χ2v) is 10.2. The van der Waals surface area contributed by atoms with Crippen LogP contribution in [0.15, 0.2) is 73.1 Å². The number of pyridine rings is 1. The summed E-state index contributed by atoms with van der Waals surface area (Å²) in [7, 11) is -3.49. The van der Waals surface area contributed by atoms with Gasteiger partial charge in [-0.2, -0.15) is 0 Å². The predicted octanol–water partition coefficient (Wildman–Crippen LogP) is 4.38. The number of halogens is 1. The van der Waals surface area contributed by atoms with Gasteiger partial charge in [0.15, 0.2) is 9.84 Å². The molecule has 1 N–H and O–H groups in total. The van der Waals surface area contributed by atoms with E-state index >= 15 is 0 Å². The lowest BCUT2D eigenvalue weighted by Crippen LogP contribution is -2.36. The van der Waals surface area contributed by atoms with Crippen molar-refractivity contribution in [3.05, 3.63) is 89.2 Å². The number of ether oxygens (including phenoxy) is 1. The summed E-state index contributed by atoms with van der Waals surface area (Å²) in [6.45, 7) is 0.390. The number of benzene rings is 2. The lowest BCUT2D eigenvalue weighted by molar-refractivity contribution is 0.204. The van der Waals surface area contributed by atoms with Crippen LogP contribution in [0.4, 0.5) is 4.79 Å². The van der Waals surface area contributed by atoms with Crippen molar-refractivity contribution in [1.82, 2.24) is 15.2 Å². The summed E-state index contributed by atoms with van der Waals surface area (Å²) in [4.78, 5) is 18.2. The van der Waals surface area contributed by atoms with Crippen LogP contribution in [0.1, 0.15) is 22.4 Å². The Morgan fingerprint density at radius 2 is 1.84 bits per heavy atom. The number of sulfone groups is 1. The molecule has 0 spiro atoms. The molecule has 1 aliphatic heterocycles. The zero-order valence-corrected chi connectivity index (χ0v) is 18.9. The standard InChI is InChI=1S/C23H22ClN3O4S/c1-32(29,30)22(16-5-7-18(24)8-6-16)15-27-21(14-26-23(27)28)17-3-2-4-20(13-17)31-19-9-11-25-12-10-19/h2-13,21-22H,14-15H2,1H3,(H,26,28). The molecule has 1 aromatic heterocycles. The molecule has 166 valence electrons. The number of rotatable bonds is 7. The van der Waals surface area contributed by atoms with E-state index in [1.807, 2.05) is 24.3 Å². The Kier molecular flexibility index (Phi) is 6.34. The van der Waals surface area contributed by atoms with Gasteiger partial charge in [0.25, 0.3) is 0 Å². The lowest BCUT2D eigenvalue weighted by atomic mass is 10.1. The van der Waals surface area contributed by atoms with Crippen molar-refractivity contribution in [2.24, 2.45) is 0 Å². The van der Waals surface area contributed by atoms with Crippen LogP contribution in [0.25, 0.3) is 0 Å². The number of nitrogens with zero attached hydrogens (tertiary/aromatic N) is 2. The highest BCUT2D eigenvalue weighted by molar-refractivity contribution is 7.91. The molecule has 2 unspecified atom stereocenters. The molecule has 1 fully saturated rings. The molecule has 0 saturated carbocycles. The van der Waals surface area contributed by atoms with Crippen molar-refractivity contribution in [2.75, 3.05) is 19.3 Å². The van der Waals surface area contributed by atoms with Crippen molar-refractivity contribution in [3.8, 4) is 11.5 Å². The van der Waals surface area contributed by atoms with Gasteiger partial charge in [-0.25, -0.2) is 13.2 Å². The summed E-state index contributed by atoms with van der Waals surface area (Å²) in [5.74, 6) is 1.26. The Balaban J connectivity index is 1.60. The number of aromatic nitrogens is 1. The van der Waals surface area contributed by atoms with E-state index in [9.17, 15) is 13.2 Å². The number of hydrogen-bond donors (Lipinski definition) is 1. The zero-order chi connectivity index (χ0) is 22.7. The van der Waals surface area contributed by atoms with Crippen molar-refractivity contribution < 1.29 is 17.9 Å². The van der Waals surface area contributed by atoms with E-state index < -0.39 is 15.1 Å². The number of hydrogen-bond acceptors (Lipinski definition) is 5. The van der Waals surface area contributed by atoms with E-state index in [1.165, 1.54) is 6.26 Å². The van der Waals surface area contributed by atoms with Crippen LogP contribution >= 0.6 is 11.6 Å². The van der Waals surface area contributed by atoms with Gasteiger partial charge in [0.05, 0.1) is 6.04 Å². The summed E-state index contributed by atoms with van der Waals surface area (Å²) in [6, 6.07) is 17.0. The average molecular weight is 472 g/mol. The highest BCUT2D eigenvalue weighted by Crippen LogP contribution is 2.33. The molecule has 9 heteroatoms. The molecule has 2 heterocycles. The molecule has 3 aromatic rings. The monoisotopic (exact) mass is 471 g/mol. The number of carbonyl (C=O) groups is 1. The fraction of sp³-hybridized carbons (Fsp3) is 0.217. The van der Waals surface area contributed by atoms with Crippen LogP contribution in [-0.4, -0.2) is 43.7 Å². The average Bonchev–Trinajstić information content (AvgIpc) is 3.13. The van der Waals surface area contributed by atoms with Gasteiger partial charge in [-0.1, -0.05) is 35.9 Å². The van der Waals surface area contributed by atoms with Crippen molar-refractivity contribution >= 4 is 27.5 Å². The van der Waals surface area contributed by atoms with Crippen LogP contribution in [-0.2, 0) is 9.84 Å². The van der Waals surface area contributed by atoms with Crippen LogP contribution < -0.4 is 10.1 Å². The van der Waals surface area contributed by atoms with E-state index in [0.717, 1.165) is 5.56 Å². The number of urea groups is 1. The minimum atomic E-state index is -3.49. The van der Waals surface area contributed by atoms with Gasteiger partial charge in [-0.05, 0) is 47.5 Å². The third kappa shape index (κ3) is 5.03. The van der Waals surface area contributed by atoms with E-state index in [-0.39, 0.29) is 18.6 Å². The third-order valence-electron chi connectivity index (χ3n) is 5.33. The van der Waals surface area contributed by atoms with Gasteiger partial charge in [0.2, 0.25) is 0 Å². The maximum atomic E-state index is 12.6. The van der Waals surface area contributed by atoms with Crippen molar-refractivity contribution in [1.29, 1.82) is 0 Å². The van der Waals surface area contributed by atoms with Crippen LogP contribution in [0.2, 0.25) is 5.02 Å². The number of amides is 2. The Labute approximate surface area is 191 Å². The maximum absolute atomic E-state index is 12.6. The van der Waals surface area contributed by atoms with Crippen LogP contribution in [0, 0.1) is 0 Å². The minimum Gasteiger partial charge on any atom is -0.457 e. The molecule has 0 bridgehead atoms. The van der Waals surface area contributed by atoms with Gasteiger partial charge in [-0.15, -0.1) is 0 Å². The molecular weight excluding hydrogens is 450 g/mol. The minimum absolute atomic E-state index is 0.0202. The van der Waals surface area contributed by atoms with Gasteiger partial charge in [0, 0.05) is 36.8 Å². The molecule has 1 saturated heterocycles. The molecule has 2 atom stereocenters.